The number of rotatable bonds is 3. The molecule has 1 aromatic rings. The van der Waals surface area contributed by atoms with E-state index < -0.39 is 17.5 Å². The molecule has 0 amide bonds. The number of nitrogens with zero attached hydrogens (tertiary/aromatic N) is 1. The van der Waals surface area contributed by atoms with Gasteiger partial charge in [0, 0.05) is 24.7 Å². The summed E-state index contributed by atoms with van der Waals surface area (Å²) in [7, 11) is 1.87. The van der Waals surface area contributed by atoms with E-state index in [1.54, 1.807) is 6.92 Å². The highest BCUT2D eigenvalue weighted by Gasteiger charge is 2.59. The number of carbonyl (C=O) groups is 2. The number of ketones is 1. The molecule has 5 heteroatoms. The summed E-state index contributed by atoms with van der Waals surface area (Å²) < 4.78 is 11.3. The van der Waals surface area contributed by atoms with Crippen molar-refractivity contribution in [3.63, 3.8) is 0 Å². The molecular formula is C17H19NO4. The van der Waals surface area contributed by atoms with E-state index in [-0.39, 0.29) is 12.4 Å². The second kappa shape index (κ2) is 5.57. The van der Waals surface area contributed by atoms with Gasteiger partial charge < -0.3 is 14.4 Å². The SMILES string of the molecule is CCOC(=O)[C@]12CN(C)CC1C(=O)C=C(c1ccccc1)O2. The first-order chi connectivity index (χ1) is 10.6. The molecule has 2 aliphatic heterocycles. The van der Waals surface area contributed by atoms with Crippen molar-refractivity contribution in [3.8, 4) is 0 Å². The molecule has 0 saturated carbocycles. The van der Waals surface area contributed by atoms with Gasteiger partial charge in [-0.25, -0.2) is 4.79 Å². The minimum absolute atomic E-state index is 0.0810. The maximum absolute atomic E-state index is 12.5. The average Bonchev–Trinajstić information content (AvgIpc) is 2.86. The molecule has 1 saturated heterocycles. The maximum atomic E-state index is 12.5. The Kier molecular flexibility index (Phi) is 3.74. The molecule has 0 aliphatic carbocycles. The van der Waals surface area contributed by atoms with Gasteiger partial charge in [0.05, 0.1) is 12.5 Å². The Bertz CT molecular complexity index is 625. The third-order valence-corrected chi connectivity index (χ3v) is 4.15. The number of hydrogen-bond donors (Lipinski definition) is 0. The molecule has 0 N–H and O–H groups in total. The molecule has 2 aliphatic rings. The van der Waals surface area contributed by atoms with Crippen LogP contribution in [0.1, 0.15) is 12.5 Å². The lowest BCUT2D eigenvalue weighted by molar-refractivity contribution is -0.169. The third-order valence-electron chi connectivity index (χ3n) is 4.15. The van der Waals surface area contributed by atoms with Gasteiger partial charge in [0.1, 0.15) is 5.76 Å². The Morgan fingerprint density at radius 1 is 1.41 bits per heavy atom. The van der Waals surface area contributed by atoms with Crippen LogP contribution in [0.3, 0.4) is 0 Å². The van der Waals surface area contributed by atoms with Crippen molar-refractivity contribution in [3.05, 3.63) is 42.0 Å². The Hall–Kier alpha value is -2.14. The second-order valence-electron chi connectivity index (χ2n) is 5.74. The number of likely N-dealkylation sites (tertiary alicyclic amines) is 1. The molecule has 22 heavy (non-hydrogen) atoms. The van der Waals surface area contributed by atoms with Crippen molar-refractivity contribution in [2.24, 2.45) is 5.92 Å². The molecule has 0 radical (unpaired) electrons. The third kappa shape index (κ3) is 2.31. The number of hydrogen-bond acceptors (Lipinski definition) is 5. The van der Waals surface area contributed by atoms with Crippen molar-refractivity contribution in [1.82, 2.24) is 4.90 Å². The van der Waals surface area contributed by atoms with Gasteiger partial charge in [-0.3, -0.25) is 4.79 Å². The lowest BCUT2D eigenvalue weighted by Crippen LogP contribution is -2.53. The Labute approximate surface area is 129 Å². The lowest BCUT2D eigenvalue weighted by Gasteiger charge is -2.35. The van der Waals surface area contributed by atoms with E-state index in [4.69, 9.17) is 9.47 Å². The smallest absolute Gasteiger partial charge is 0.352 e. The molecule has 0 spiro atoms. The molecule has 2 heterocycles. The maximum Gasteiger partial charge on any atom is 0.352 e. The molecule has 3 rings (SSSR count). The van der Waals surface area contributed by atoms with E-state index in [1.807, 2.05) is 42.3 Å². The number of ether oxygens (including phenoxy) is 2. The second-order valence-corrected chi connectivity index (χ2v) is 5.74. The van der Waals surface area contributed by atoms with Crippen molar-refractivity contribution in [2.45, 2.75) is 12.5 Å². The summed E-state index contributed by atoms with van der Waals surface area (Å²) in [5.74, 6) is -0.615. The number of likely N-dealkylation sites (N-methyl/N-ethyl adjacent to an activating group) is 1. The highest BCUT2D eigenvalue weighted by molar-refractivity contribution is 6.04. The van der Waals surface area contributed by atoms with Gasteiger partial charge in [0.25, 0.3) is 0 Å². The Morgan fingerprint density at radius 2 is 2.14 bits per heavy atom. The van der Waals surface area contributed by atoms with Crippen LogP contribution in [-0.4, -0.2) is 49.0 Å². The Balaban J connectivity index is 2.01. The minimum atomic E-state index is -1.23. The van der Waals surface area contributed by atoms with E-state index in [2.05, 4.69) is 0 Å². The van der Waals surface area contributed by atoms with Crippen LogP contribution < -0.4 is 0 Å². The van der Waals surface area contributed by atoms with Gasteiger partial charge in [0.15, 0.2) is 5.78 Å². The van der Waals surface area contributed by atoms with Crippen molar-refractivity contribution >= 4 is 17.5 Å². The summed E-state index contributed by atoms with van der Waals surface area (Å²) in [5.41, 5.74) is -0.450. The highest BCUT2D eigenvalue weighted by atomic mass is 16.6. The van der Waals surface area contributed by atoms with Crippen LogP contribution >= 0.6 is 0 Å². The summed E-state index contributed by atoms with van der Waals surface area (Å²) in [5, 5.41) is 0. The summed E-state index contributed by atoms with van der Waals surface area (Å²) in [4.78, 5) is 27.0. The largest absolute Gasteiger partial charge is 0.473 e. The van der Waals surface area contributed by atoms with E-state index in [9.17, 15) is 9.59 Å². The predicted octanol–water partition coefficient (Wildman–Crippen LogP) is 1.49. The van der Waals surface area contributed by atoms with Crippen LogP contribution in [-0.2, 0) is 19.1 Å². The summed E-state index contributed by atoms with van der Waals surface area (Å²) in [6, 6.07) is 9.34. The molecule has 0 aromatic heterocycles. The molecule has 116 valence electrons. The van der Waals surface area contributed by atoms with E-state index in [0.717, 1.165) is 5.56 Å². The number of allylic oxidation sites excluding steroid dienone is 1. The fourth-order valence-electron chi connectivity index (χ4n) is 3.16. The fourth-order valence-corrected chi connectivity index (χ4v) is 3.16. The van der Waals surface area contributed by atoms with E-state index in [1.165, 1.54) is 6.08 Å². The van der Waals surface area contributed by atoms with E-state index >= 15 is 0 Å². The normalized spacial score (nSPS) is 27.8. The van der Waals surface area contributed by atoms with Crippen LogP contribution in [0, 0.1) is 5.92 Å². The van der Waals surface area contributed by atoms with E-state index in [0.29, 0.717) is 18.8 Å². The van der Waals surface area contributed by atoms with Crippen LogP contribution in [0.25, 0.3) is 5.76 Å². The molecule has 1 fully saturated rings. The number of carbonyl (C=O) groups excluding carboxylic acids is 2. The first-order valence-corrected chi connectivity index (χ1v) is 7.42. The average molecular weight is 301 g/mol. The van der Waals surface area contributed by atoms with Crippen LogP contribution in [0.5, 0.6) is 0 Å². The van der Waals surface area contributed by atoms with Crippen LogP contribution in [0.15, 0.2) is 36.4 Å². The van der Waals surface area contributed by atoms with Gasteiger partial charge in [-0.05, 0) is 14.0 Å². The summed E-state index contributed by atoms with van der Waals surface area (Å²) in [6.45, 7) is 2.86. The minimum Gasteiger partial charge on any atom is -0.473 e. The van der Waals surface area contributed by atoms with Crippen LogP contribution in [0.4, 0.5) is 0 Å². The monoisotopic (exact) mass is 301 g/mol. The summed E-state index contributed by atoms with van der Waals surface area (Å²) in [6.07, 6.45) is 1.50. The van der Waals surface area contributed by atoms with Gasteiger partial charge in [-0.1, -0.05) is 30.3 Å². The zero-order chi connectivity index (χ0) is 15.7. The molecular weight excluding hydrogens is 282 g/mol. The first-order valence-electron chi connectivity index (χ1n) is 7.42. The molecule has 0 bridgehead atoms. The predicted molar refractivity (Wildman–Crippen MR) is 80.9 cm³/mol. The molecule has 1 unspecified atom stereocenters. The van der Waals surface area contributed by atoms with Crippen molar-refractivity contribution < 1.29 is 19.1 Å². The van der Waals surface area contributed by atoms with Gasteiger partial charge in [-0.2, -0.15) is 0 Å². The van der Waals surface area contributed by atoms with Gasteiger partial charge in [-0.15, -0.1) is 0 Å². The quantitative estimate of drug-likeness (QED) is 0.792. The van der Waals surface area contributed by atoms with Crippen molar-refractivity contribution in [2.75, 3.05) is 26.7 Å². The van der Waals surface area contributed by atoms with Gasteiger partial charge in [0.2, 0.25) is 5.60 Å². The highest BCUT2D eigenvalue weighted by Crippen LogP contribution is 2.40. The molecule has 2 atom stereocenters. The first kappa shape index (κ1) is 14.8. The standard InChI is InChI=1S/C17H19NO4/c1-3-21-16(20)17-11-18(2)10-13(17)14(19)9-15(22-17)12-7-5-4-6-8-12/h4-9,13H,3,10-11H2,1-2H3/t13?,17-/m0/s1. The number of esters is 1. The zero-order valence-electron chi connectivity index (χ0n) is 12.7. The fraction of sp³-hybridized carbons (Fsp3) is 0.412. The molecule has 1 aromatic carbocycles. The zero-order valence-corrected chi connectivity index (χ0v) is 12.7. The van der Waals surface area contributed by atoms with Crippen LogP contribution in [0.2, 0.25) is 0 Å². The number of benzene rings is 1. The Morgan fingerprint density at radius 3 is 2.82 bits per heavy atom. The van der Waals surface area contributed by atoms with Crippen molar-refractivity contribution in [1.29, 1.82) is 0 Å². The van der Waals surface area contributed by atoms with Gasteiger partial charge >= 0.3 is 5.97 Å². The topological polar surface area (TPSA) is 55.8 Å². The number of fused-ring (bicyclic) bond motifs is 1. The lowest BCUT2D eigenvalue weighted by atomic mass is 9.84. The molecule has 5 nitrogen and oxygen atoms in total. The summed E-state index contributed by atoms with van der Waals surface area (Å²) >= 11 is 0.